The molecule has 1 aromatic heterocycles. The second-order valence-electron chi connectivity index (χ2n) is 6.03. The summed E-state index contributed by atoms with van der Waals surface area (Å²) >= 11 is 0. The van der Waals surface area contributed by atoms with E-state index in [-0.39, 0.29) is 6.10 Å². The fourth-order valence-corrected chi connectivity index (χ4v) is 2.38. The van der Waals surface area contributed by atoms with Crippen LogP contribution in [0.25, 0.3) is 0 Å². The van der Waals surface area contributed by atoms with Gasteiger partial charge in [-0.1, -0.05) is 18.2 Å². The molecule has 2 aromatic carbocycles. The van der Waals surface area contributed by atoms with Gasteiger partial charge in [0.25, 0.3) is 0 Å². The number of hydrogen-bond acceptors (Lipinski definition) is 5. The van der Waals surface area contributed by atoms with Crippen LogP contribution in [0.5, 0.6) is 5.75 Å². The fraction of sp³-hybridized carbons (Fsp3) is 0.200. The van der Waals surface area contributed by atoms with Gasteiger partial charge in [-0.2, -0.15) is 4.98 Å². The lowest BCUT2D eigenvalue weighted by Crippen LogP contribution is -2.05. The van der Waals surface area contributed by atoms with Crippen LogP contribution in [-0.4, -0.2) is 16.1 Å². The van der Waals surface area contributed by atoms with Crippen LogP contribution >= 0.6 is 0 Å². The third-order valence-electron chi connectivity index (χ3n) is 3.38. The van der Waals surface area contributed by atoms with Gasteiger partial charge in [0, 0.05) is 23.1 Å². The van der Waals surface area contributed by atoms with Crippen molar-refractivity contribution in [1.82, 2.24) is 9.97 Å². The third kappa shape index (κ3) is 4.94. The maximum absolute atomic E-state index is 5.65. The summed E-state index contributed by atoms with van der Waals surface area (Å²) in [7, 11) is 0. The summed E-state index contributed by atoms with van der Waals surface area (Å²) in [6, 6.07) is 19.6. The van der Waals surface area contributed by atoms with Gasteiger partial charge in [0.1, 0.15) is 11.6 Å². The number of benzene rings is 2. The van der Waals surface area contributed by atoms with E-state index in [4.69, 9.17) is 4.74 Å². The predicted molar refractivity (Wildman–Crippen MR) is 102 cm³/mol. The van der Waals surface area contributed by atoms with Crippen LogP contribution < -0.4 is 15.4 Å². The quantitative estimate of drug-likeness (QED) is 0.660. The zero-order valence-electron chi connectivity index (χ0n) is 14.7. The summed E-state index contributed by atoms with van der Waals surface area (Å²) in [5.74, 6) is 2.15. The van der Waals surface area contributed by atoms with Gasteiger partial charge in [-0.3, -0.25) is 0 Å². The standard InChI is InChI=1S/C20H22N4O/c1-14(2)25-18-11-9-17(10-12-18)23-20-21-15(3)13-19(24-20)22-16-7-5-4-6-8-16/h4-14H,1-3H3,(H2,21,22,23,24). The van der Waals surface area contributed by atoms with Crippen LogP contribution in [0.2, 0.25) is 0 Å². The number of nitrogens with one attached hydrogen (secondary N) is 2. The third-order valence-corrected chi connectivity index (χ3v) is 3.38. The molecule has 0 amide bonds. The molecular weight excluding hydrogens is 312 g/mol. The van der Waals surface area contributed by atoms with Gasteiger partial charge in [-0.25, -0.2) is 4.98 Å². The van der Waals surface area contributed by atoms with Crippen LogP contribution in [0.15, 0.2) is 60.7 Å². The highest BCUT2D eigenvalue weighted by molar-refractivity contribution is 5.60. The number of anilines is 4. The first kappa shape index (κ1) is 16.8. The first-order chi connectivity index (χ1) is 12.1. The van der Waals surface area contributed by atoms with Gasteiger partial charge < -0.3 is 15.4 Å². The highest BCUT2D eigenvalue weighted by atomic mass is 16.5. The van der Waals surface area contributed by atoms with Gasteiger partial charge in [-0.15, -0.1) is 0 Å². The second-order valence-corrected chi connectivity index (χ2v) is 6.03. The Balaban J connectivity index is 1.74. The highest BCUT2D eigenvalue weighted by Gasteiger charge is 2.04. The molecule has 0 aliphatic heterocycles. The van der Waals surface area contributed by atoms with Gasteiger partial charge in [0.15, 0.2) is 0 Å². The lowest BCUT2D eigenvalue weighted by Gasteiger charge is -2.12. The average Bonchev–Trinajstić information content (AvgIpc) is 2.56. The number of nitrogens with zero attached hydrogens (tertiary/aromatic N) is 2. The van der Waals surface area contributed by atoms with E-state index < -0.39 is 0 Å². The van der Waals surface area contributed by atoms with Crippen molar-refractivity contribution in [3.8, 4) is 5.75 Å². The van der Waals surface area contributed by atoms with Gasteiger partial charge >= 0.3 is 0 Å². The van der Waals surface area contributed by atoms with E-state index in [1.807, 2.05) is 81.4 Å². The minimum absolute atomic E-state index is 0.158. The molecule has 5 heteroatoms. The van der Waals surface area contributed by atoms with Crippen LogP contribution in [0.1, 0.15) is 19.5 Å². The molecule has 0 saturated heterocycles. The lowest BCUT2D eigenvalue weighted by atomic mass is 10.3. The normalized spacial score (nSPS) is 10.6. The smallest absolute Gasteiger partial charge is 0.229 e. The van der Waals surface area contributed by atoms with Crippen LogP contribution in [0, 0.1) is 6.92 Å². The van der Waals surface area contributed by atoms with Crippen molar-refractivity contribution in [2.45, 2.75) is 26.9 Å². The molecule has 128 valence electrons. The number of rotatable bonds is 6. The summed E-state index contributed by atoms with van der Waals surface area (Å²) in [6.45, 7) is 5.96. The Labute approximate surface area is 148 Å². The van der Waals surface area contributed by atoms with Gasteiger partial charge in [0.2, 0.25) is 5.95 Å². The Morgan fingerprint density at radius 1 is 0.840 bits per heavy atom. The number of ether oxygens (including phenoxy) is 1. The summed E-state index contributed by atoms with van der Waals surface area (Å²) in [5, 5.41) is 6.52. The van der Waals surface area contributed by atoms with Crippen LogP contribution in [-0.2, 0) is 0 Å². The van der Waals surface area contributed by atoms with Crippen molar-refractivity contribution in [2.24, 2.45) is 0 Å². The van der Waals surface area contributed by atoms with E-state index in [0.717, 1.165) is 28.6 Å². The van der Waals surface area contributed by atoms with E-state index in [1.165, 1.54) is 0 Å². The molecule has 0 radical (unpaired) electrons. The van der Waals surface area contributed by atoms with Gasteiger partial charge in [0.05, 0.1) is 6.10 Å². The number of aryl methyl sites for hydroxylation is 1. The van der Waals surface area contributed by atoms with Gasteiger partial charge in [-0.05, 0) is 57.2 Å². The molecule has 3 aromatic rings. The van der Waals surface area contributed by atoms with E-state index in [1.54, 1.807) is 0 Å². The predicted octanol–water partition coefficient (Wildman–Crippen LogP) is 5.06. The Morgan fingerprint density at radius 2 is 1.52 bits per heavy atom. The first-order valence-corrected chi connectivity index (χ1v) is 8.30. The van der Waals surface area contributed by atoms with E-state index >= 15 is 0 Å². The fourth-order valence-electron chi connectivity index (χ4n) is 2.38. The first-order valence-electron chi connectivity index (χ1n) is 8.30. The summed E-state index contributed by atoms with van der Waals surface area (Å²) in [5.41, 5.74) is 2.78. The molecule has 0 saturated carbocycles. The second kappa shape index (κ2) is 7.66. The topological polar surface area (TPSA) is 59.1 Å². The van der Waals surface area contributed by atoms with Crippen molar-refractivity contribution in [1.29, 1.82) is 0 Å². The Bertz CT molecular complexity index is 817. The monoisotopic (exact) mass is 334 g/mol. The minimum Gasteiger partial charge on any atom is -0.491 e. The zero-order valence-corrected chi connectivity index (χ0v) is 14.7. The zero-order chi connectivity index (χ0) is 17.6. The molecule has 0 aliphatic carbocycles. The van der Waals surface area contributed by atoms with Crippen molar-refractivity contribution in [3.05, 3.63) is 66.4 Å². The largest absolute Gasteiger partial charge is 0.491 e. The molecule has 0 fully saturated rings. The Morgan fingerprint density at radius 3 is 2.20 bits per heavy atom. The Kier molecular flexibility index (Phi) is 5.14. The van der Waals surface area contributed by atoms with E-state index in [0.29, 0.717) is 5.95 Å². The Hall–Kier alpha value is -3.08. The molecular formula is C20H22N4O. The molecule has 0 aliphatic rings. The number of aromatic nitrogens is 2. The molecule has 0 atom stereocenters. The van der Waals surface area contributed by atoms with Crippen LogP contribution in [0.4, 0.5) is 23.1 Å². The maximum Gasteiger partial charge on any atom is 0.229 e. The summed E-state index contributed by atoms with van der Waals surface area (Å²) < 4.78 is 5.65. The molecule has 1 heterocycles. The molecule has 5 nitrogen and oxygen atoms in total. The number of para-hydroxylation sites is 1. The molecule has 3 rings (SSSR count). The minimum atomic E-state index is 0.158. The molecule has 0 spiro atoms. The highest BCUT2D eigenvalue weighted by Crippen LogP contribution is 2.21. The molecule has 0 bridgehead atoms. The molecule has 25 heavy (non-hydrogen) atoms. The van der Waals surface area contributed by atoms with Crippen molar-refractivity contribution >= 4 is 23.1 Å². The molecule has 2 N–H and O–H groups in total. The molecule has 0 unspecified atom stereocenters. The van der Waals surface area contributed by atoms with Crippen molar-refractivity contribution < 1.29 is 4.74 Å². The summed E-state index contributed by atoms with van der Waals surface area (Å²) in [4.78, 5) is 8.98. The van der Waals surface area contributed by atoms with Crippen molar-refractivity contribution in [2.75, 3.05) is 10.6 Å². The lowest BCUT2D eigenvalue weighted by molar-refractivity contribution is 0.242. The SMILES string of the molecule is Cc1cc(Nc2ccccc2)nc(Nc2ccc(OC(C)C)cc2)n1. The van der Waals surface area contributed by atoms with E-state index in [2.05, 4.69) is 20.6 Å². The maximum atomic E-state index is 5.65. The van der Waals surface area contributed by atoms with E-state index in [9.17, 15) is 0 Å². The average molecular weight is 334 g/mol. The number of hydrogen-bond donors (Lipinski definition) is 2. The van der Waals surface area contributed by atoms with Crippen molar-refractivity contribution in [3.63, 3.8) is 0 Å². The van der Waals surface area contributed by atoms with Crippen LogP contribution in [0.3, 0.4) is 0 Å². The summed E-state index contributed by atoms with van der Waals surface area (Å²) in [6.07, 6.45) is 0.158.